The predicted molar refractivity (Wildman–Crippen MR) is 82.4 cm³/mol. The highest BCUT2D eigenvalue weighted by Crippen LogP contribution is 2.42. The molecule has 0 spiro atoms. The minimum atomic E-state index is -2.17. The maximum atomic E-state index is 12.9. The van der Waals surface area contributed by atoms with Crippen molar-refractivity contribution in [2.24, 2.45) is 0 Å². The van der Waals surface area contributed by atoms with Crippen molar-refractivity contribution in [3.05, 3.63) is 48.1 Å². The molecule has 0 bridgehead atoms. The van der Waals surface area contributed by atoms with Gasteiger partial charge in [0, 0.05) is 6.08 Å². The number of hydrogen-bond donors (Lipinski definition) is 0. The van der Waals surface area contributed by atoms with Gasteiger partial charge in [-0.3, -0.25) is 0 Å². The topological polar surface area (TPSA) is 9.23 Å². The van der Waals surface area contributed by atoms with Gasteiger partial charge in [0.2, 0.25) is 0 Å². The highest BCUT2D eigenvalue weighted by atomic mass is 28.4. The monoisotopic (exact) mass is 298 g/mol. The van der Waals surface area contributed by atoms with Crippen LogP contribution in [0, 0.1) is 0 Å². The van der Waals surface area contributed by atoms with Gasteiger partial charge >= 0.3 is 0 Å². The first kappa shape index (κ1) is 17.0. The molecule has 0 heterocycles. The Bertz CT molecular complexity index is 473. The van der Waals surface area contributed by atoms with E-state index in [1.54, 1.807) is 6.92 Å². The van der Waals surface area contributed by atoms with Crippen LogP contribution in [0.4, 0.5) is 8.78 Å². The van der Waals surface area contributed by atoms with Crippen LogP contribution in [0.25, 0.3) is 0 Å². The molecule has 1 nitrogen and oxygen atoms in total. The summed E-state index contributed by atoms with van der Waals surface area (Å²) in [6.45, 7) is 12.1. The SMILES string of the molecule is CC(C=C(F)F)(O[Si](C)(C)C(C)(C)C)c1ccccc1. The summed E-state index contributed by atoms with van der Waals surface area (Å²) >= 11 is 0. The smallest absolute Gasteiger partial charge is 0.269 e. The molecule has 0 aliphatic heterocycles. The molecule has 0 aromatic heterocycles. The van der Waals surface area contributed by atoms with E-state index in [4.69, 9.17) is 4.43 Å². The minimum Gasteiger partial charge on any atom is -0.404 e. The fraction of sp³-hybridized carbons (Fsp3) is 0.500. The van der Waals surface area contributed by atoms with Gasteiger partial charge in [-0.2, -0.15) is 8.78 Å². The molecule has 1 rings (SSSR count). The second-order valence-electron chi connectivity index (χ2n) is 6.77. The van der Waals surface area contributed by atoms with Crippen LogP contribution in [0.2, 0.25) is 18.1 Å². The quantitative estimate of drug-likeness (QED) is 0.647. The largest absolute Gasteiger partial charge is 0.404 e. The average Bonchev–Trinajstić information content (AvgIpc) is 2.26. The maximum Gasteiger partial charge on any atom is 0.269 e. The van der Waals surface area contributed by atoms with Crippen molar-refractivity contribution < 1.29 is 13.2 Å². The third-order valence-electron chi connectivity index (χ3n) is 4.00. The molecule has 0 aliphatic rings. The maximum absolute atomic E-state index is 12.9. The van der Waals surface area contributed by atoms with Crippen LogP contribution in [0.3, 0.4) is 0 Å². The molecular formula is C16H24F2OSi. The first-order chi connectivity index (χ1) is 8.98. The molecule has 4 heteroatoms. The molecule has 0 amide bonds. The molecule has 1 unspecified atom stereocenters. The van der Waals surface area contributed by atoms with Gasteiger partial charge in [0.05, 0.1) is 0 Å². The number of benzene rings is 1. The summed E-state index contributed by atoms with van der Waals surface area (Å²) in [6, 6.07) is 9.20. The standard InChI is InChI=1S/C16H24F2OSi/c1-15(2,3)20(5,6)19-16(4,12-14(17)18)13-10-8-7-9-11-13/h7-12H,1-6H3. The lowest BCUT2D eigenvalue weighted by atomic mass is 9.96. The highest BCUT2D eigenvalue weighted by molar-refractivity contribution is 6.74. The van der Waals surface area contributed by atoms with Gasteiger partial charge < -0.3 is 4.43 Å². The van der Waals surface area contributed by atoms with E-state index in [1.807, 2.05) is 30.3 Å². The second-order valence-corrected chi connectivity index (χ2v) is 11.5. The average molecular weight is 298 g/mol. The van der Waals surface area contributed by atoms with E-state index in [1.165, 1.54) is 0 Å². The molecule has 0 radical (unpaired) electrons. The fourth-order valence-electron chi connectivity index (χ4n) is 1.83. The van der Waals surface area contributed by atoms with Crippen LogP contribution in [0.1, 0.15) is 33.3 Å². The molecular weight excluding hydrogens is 274 g/mol. The summed E-state index contributed by atoms with van der Waals surface area (Å²) in [6.07, 6.45) is -0.793. The summed E-state index contributed by atoms with van der Waals surface area (Å²) in [5, 5.41) is -0.0380. The molecule has 0 fully saturated rings. The Balaban J connectivity index is 3.25. The van der Waals surface area contributed by atoms with Crippen LogP contribution in [-0.2, 0) is 10.0 Å². The molecule has 1 atom stereocenters. The summed E-state index contributed by atoms with van der Waals surface area (Å²) in [5.74, 6) is 0. The third kappa shape index (κ3) is 3.99. The summed E-state index contributed by atoms with van der Waals surface area (Å²) in [5.41, 5.74) is -0.346. The molecule has 20 heavy (non-hydrogen) atoms. The van der Waals surface area contributed by atoms with Crippen molar-refractivity contribution in [1.29, 1.82) is 0 Å². The van der Waals surface area contributed by atoms with Crippen LogP contribution < -0.4 is 0 Å². The Morgan fingerprint density at radius 1 is 1.05 bits per heavy atom. The lowest BCUT2D eigenvalue weighted by Gasteiger charge is -2.43. The van der Waals surface area contributed by atoms with Crippen LogP contribution in [-0.4, -0.2) is 8.32 Å². The van der Waals surface area contributed by atoms with E-state index in [9.17, 15) is 8.78 Å². The first-order valence-corrected chi connectivity index (χ1v) is 9.68. The van der Waals surface area contributed by atoms with E-state index in [-0.39, 0.29) is 5.04 Å². The van der Waals surface area contributed by atoms with E-state index in [0.717, 1.165) is 11.6 Å². The molecule has 1 aromatic carbocycles. The number of hydrogen-bond acceptors (Lipinski definition) is 1. The van der Waals surface area contributed by atoms with E-state index >= 15 is 0 Å². The Morgan fingerprint density at radius 3 is 1.95 bits per heavy atom. The van der Waals surface area contributed by atoms with E-state index < -0.39 is 20.0 Å². The van der Waals surface area contributed by atoms with Gasteiger partial charge in [-0.15, -0.1) is 0 Å². The van der Waals surface area contributed by atoms with Gasteiger partial charge in [0.1, 0.15) is 5.60 Å². The zero-order valence-corrected chi connectivity index (χ0v) is 14.1. The van der Waals surface area contributed by atoms with Crippen molar-refractivity contribution in [3.63, 3.8) is 0 Å². The van der Waals surface area contributed by atoms with Crippen LogP contribution in [0.15, 0.2) is 42.5 Å². The minimum absolute atomic E-state index is 0.0380. The summed E-state index contributed by atoms with van der Waals surface area (Å²) < 4.78 is 32.0. The number of halogens is 2. The normalized spacial score (nSPS) is 15.6. The molecule has 0 saturated carbocycles. The lowest BCUT2D eigenvalue weighted by Crippen LogP contribution is -2.46. The van der Waals surface area contributed by atoms with E-state index in [2.05, 4.69) is 33.9 Å². The Labute approximate surface area is 121 Å². The lowest BCUT2D eigenvalue weighted by molar-refractivity contribution is 0.116. The van der Waals surface area contributed by atoms with Gasteiger partial charge in [-0.1, -0.05) is 51.1 Å². The fourth-order valence-corrected chi connectivity index (χ4v) is 3.38. The molecule has 0 aliphatic carbocycles. The van der Waals surface area contributed by atoms with Gasteiger partial charge in [-0.25, -0.2) is 0 Å². The van der Waals surface area contributed by atoms with Gasteiger partial charge in [0.15, 0.2) is 8.32 Å². The predicted octanol–water partition coefficient (Wildman–Crippen LogP) is 5.70. The van der Waals surface area contributed by atoms with Gasteiger partial charge in [-0.05, 0) is 30.6 Å². The molecule has 0 saturated heterocycles. The zero-order chi connectivity index (χ0) is 15.6. The Kier molecular flexibility index (Phi) is 4.93. The van der Waals surface area contributed by atoms with Crippen molar-refractivity contribution >= 4 is 8.32 Å². The zero-order valence-electron chi connectivity index (χ0n) is 13.1. The van der Waals surface area contributed by atoms with Crippen LogP contribution in [0.5, 0.6) is 0 Å². The summed E-state index contributed by atoms with van der Waals surface area (Å²) in [7, 11) is -2.17. The first-order valence-electron chi connectivity index (χ1n) is 6.77. The summed E-state index contributed by atoms with van der Waals surface area (Å²) in [4.78, 5) is 0. The van der Waals surface area contributed by atoms with Crippen molar-refractivity contribution in [2.75, 3.05) is 0 Å². The highest BCUT2D eigenvalue weighted by Gasteiger charge is 2.43. The second kappa shape index (κ2) is 5.78. The third-order valence-corrected chi connectivity index (χ3v) is 8.55. The van der Waals surface area contributed by atoms with Crippen molar-refractivity contribution in [1.82, 2.24) is 0 Å². The molecule has 0 N–H and O–H groups in total. The Hall–Kier alpha value is -1.00. The molecule has 1 aromatic rings. The van der Waals surface area contributed by atoms with E-state index in [0.29, 0.717) is 0 Å². The van der Waals surface area contributed by atoms with Crippen molar-refractivity contribution in [2.45, 2.75) is 51.4 Å². The van der Waals surface area contributed by atoms with Gasteiger partial charge in [0.25, 0.3) is 6.08 Å². The van der Waals surface area contributed by atoms with Crippen LogP contribution >= 0.6 is 0 Å². The number of rotatable bonds is 4. The molecule has 112 valence electrons. The Morgan fingerprint density at radius 2 is 1.55 bits per heavy atom. The van der Waals surface area contributed by atoms with Crippen molar-refractivity contribution in [3.8, 4) is 0 Å².